The fourth-order valence-electron chi connectivity index (χ4n) is 10.4. The first kappa shape index (κ1) is 37.6. The second-order valence-corrected chi connectivity index (χ2v) is 18.2. The van der Waals surface area contributed by atoms with Gasteiger partial charge in [0.05, 0.1) is 22.1 Å². The van der Waals surface area contributed by atoms with Gasteiger partial charge in [-0.2, -0.15) is 9.97 Å². The van der Waals surface area contributed by atoms with Crippen LogP contribution in [0.2, 0.25) is 0 Å². The molecule has 0 unspecified atom stereocenters. The summed E-state index contributed by atoms with van der Waals surface area (Å²) in [4.78, 5) is 16.4. The molecule has 14 aromatic rings. The van der Waals surface area contributed by atoms with Crippen molar-refractivity contribution >= 4 is 85.9 Å². The summed E-state index contributed by atoms with van der Waals surface area (Å²) in [5.74, 6) is 1.83. The van der Waals surface area contributed by atoms with Crippen LogP contribution in [0.15, 0.2) is 224 Å². The summed E-state index contributed by atoms with van der Waals surface area (Å²) in [7, 11) is 0. The smallest absolute Gasteiger partial charge is 0.238 e. The van der Waals surface area contributed by atoms with Crippen LogP contribution in [0.25, 0.3) is 131 Å². The molecule has 14 rings (SSSR count). The van der Waals surface area contributed by atoms with E-state index in [1.54, 1.807) is 11.3 Å². The molecule has 0 aliphatic rings. The Morgan fingerprint density at radius 1 is 0.343 bits per heavy atom. The van der Waals surface area contributed by atoms with E-state index in [9.17, 15) is 0 Å². The van der Waals surface area contributed by atoms with Crippen LogP contribution in [-0.2, 0) is 0 Å². The van der Waals surface area contributed by atoms with Crippen LogP contribution in [-0.4, -0.2) is 24.1 Å². The third-order valence-electron chi connectivity index (χ3n) is 13.3. The van der Waals surface area contributed by atoms with Gasteiger partial charge in [0.1, 0.15) is 0 Å². The van der Waals surface area contributed by atoms with E-state index < -0.39 is 0 Å². The number of aromatic nitrogens is 5. The molecule has 5 nitrogen and oxygen atoms in total. The van der Waals surface area contributed by atoms with Gasteiger partial charge in [0.15, 0.2) is 11.6 Å². The Morgan fingerprint density at radius 2 is 0.910 bits per heavy atom. The van der Waals surface area contributed by atoms with E-state index in [1.165, 1.54) is 32.0 Å². The molecule has 6 heteroatoms. The maximum absolute atomic E-state index is 5.58. The monoisotopic (exact) mass is 871 g/mol. The van der Waals surface area contributed by atoms with Gasteiger partial charge in [0, 0.05) is 58.5 Å². The quantitative estimate of drug-likeness (QED) is 0.167. The van der Waals surface area contributed by atoms with Crippen LogP contribution in [0, 0.1) is 0 Å². The van der Waals surface area contributed by atoms with E-state index >= 15 is 0 Å². The zero-order valence-corrected chi connectivity index (χ0v) is 36.8. The molecule has 0 amide bonds. The van der Waals surface area contributed by atoms with Gasteiger partial charge in [0.25, 0.3) is 0 Å². The summed E-state index contributed by atoms with van der Waals surface area (Å²) in [5, 5.41) is 9.40. The molecule has 4 aromatic heterocycles. The fourth-order valence-corrected chi connectivity index (χ4v) is 11.6. The molecule has 4 heterocycles. The molecule has 67 heavy (non-hydrogen) atoms. The van der Waals surface area contributed by atoms with E-state index in [-0.39, 0.29) is 0 Å². The number of nitrogens with zero attached hydrogens (tertiary/aromatic N) is 5. The maximum Gasteiger partial charge on any atom is 0.238 e. The van der Waals surface area contributed by atoms with Crippen molar-refractivity contribution in [2.24, 2.45) is 0 Å². The molecule has 0 bridgehead atoms. The van der Waals surface area contributed by atoms with Gasteiger partial charge in [-0.3, -0.25) is 4.57 Å². The zero-order chi connectivity index (χ0) is 44.0. The summed E-state index contributed by atoms with van der Waals surface area (Å²) in [6, 6.07) is 80.3. The SMILES string of the molecule is c1ccc(-c2cc(-c3ccccc3)cc(-n3c4ccccc4c4c3ccc3c5ccccc5n(-c5nc(-c6ccccc6)nc(-c6cc7ccccc7c7c6sc6ccccc67)n5)c34)c2)cc1. The van der Waals surface area contributed by atoms with Crippen LogP contribution in [0.4, 0.5) is 0 Å². The van der Waals surface area contributed by atoms with Gasteiger partial charge in [-0.1, -0.05) is 176 Å². The minimum Gasteiger partial charge on any atom is -0.309 e. The molecule has 0 atom stereocenters. The topological polar surface area (TPSA) is 48.5 Å². The van der Waals surface area contributed by atoms with Crippen LogP contribution in [0.5, 0.6) is 0 Å². The molecule has 0 N–H and O–H groups in total. The molecule has 10 aromatic carbocycles. The molecule has 0 spiro atoms. The zero-order valence-electron chi connectivity index (χ0n) is 36.0. The Hall–Kier alpha value is -8.71. The summed E-state index contributed by atoms with van der Waals surface area (Å²) in [5.41, 5.74) is 12.0. The van der Waals surface area contributed by atoms with E-state index in [0.29, 0.717) is 17.6 Å². The number of fused-ring (bicyclic) bond motifs is 12. The van der Waals surface area contributed by atoms with Crippen molar-refractivity contribution in [2.45, 2.75) is 0 Å². The van der Waals surface area contributed by atoms with E-state index in [4.69, 9.17) is 15.0 Å². The first-order valence-corrected chi connectivity index (χ1v) is 23.4. The van der Waals surface area contributed by atoms with Crippen LogP contribution >= 0.6 is 11.3 Å². The molecule has 0 fully saturated rings. The Morgan fingerprint density at radius 3 is 1.63 bits per heavy atom. The van der Waals surface area contributed by atoms with Gasteiger partial charge < -0.3 is 4.57 Å². The minimum absolute atomic E-state index is 0.569. The minimum atomic E-state index is 0.569. The summed E-state index contributed by atoms with van der Waals surface area (Å²) < 4.78 is 7.13. The highest BCUT2D eigenvalue weighted by atomic mass is 32.1. The van der Waals surface area contributed by atoms with Gasteiger partial charge in [-0.05, 0) is 81.6 Å². The van der Waals surface area contributed by atoms with Crippen molar-refractivity contribution in [3.05, 3.63) is 224 Å². The van der Waals surface area contributed by atoms with Crippen molar-refractivity contribution in [2.75, 3.05) is 0 Å². The number of para-hydroxylation sites is 2. The molecule has 312 valence electrons. The number of hydrogen-bond donors (Lipinski definition) is 0. The number of thiophene rings is 1. The third kappa shape index (κ3) is 5.90. The number of rotatable bonds is 6. The second-order valence-electron chi connectivity index (χ2n) is 17.2. The van der Waals surface area contributed by atoms with Crippen molar-refractivity contribution < 1.29 is 0 Å². The molecule has 0 saturated heterocycles. The molecule has 0 aliphatic carbocycles. The number of hydrogen-bond acceptors (Lipinski definition) is 4. The van der Waals surface area contributed by atoms with E-state index in [0.717, 1.165) is 81.6 Å². The lowest BCUT2D eigenvalue weighted by atomic mass is 9.98. The third-order valence-corrected chi connectivity index (χ3v) is 14.5. The summed E-state index contributed by atoms with van der Waals surface area (Å²) in [6.07, 6.45) is 0. The molecular formula is C61H37N5S. The van der Waals surface area contributed by atoms with Gasteiger partial charge >= 0.3 is 0 Å². The van der Waals surface area contributed by atoms with E-state index in [1.807, 2.05) is 18.2 Å². The Bertz CT molecular complexity index is 4210. The lowest BCUT2D eigenvalue weighted by Crippen LogP contribution is -2.06. The highest BCUT2D eigenvalue weighted by molar-refractivity contribution is 7.26. The Kier molecular flexibility index (Phi) is 8.38. The van der Waals surface area contributed by atoms with E-state index in [2.05, 4.69) is 215 Å². The first-order chi connectivity index (χ1) is 33.2. The van der Waals surface area contributed by atoms with Crippen LogP contribution < -0.4 is 0 Å². The highest BCUT2D eigenvalue weighted by Gasteiger charge is 2.25. The number of benzene rings is 10. The highest BCUT2D eigenvalue weighted by Crippen LogP contribution is 2.46. The molecular weight excluding hydrogens is 835 g/mol. The standard InChI is InChI=1S/C61H37N5S/c1-4-18-38(19-5-1)42-34-43(39-20-6-2-7-21-39)36-44(35-42)65-52-30-16-13-27-48(52)56-53(65)33-32-47-46-26-12-15-29-51(46)66(57(47)56)61-63-59(40-22-8-3-9-23-40)62-60(64-61)50-37-41-24-10-11-25-45(41)55-49-28-14-17-31-54(49)67-58(50)55/h1-37H. The van der Waals surface area contributed by atoms with Crippen molar-refractivity contribution in [1.82, 2.24) is 24.1 Å². The largest absolute Gasteiger partial charge is 0.309 e. The molecule has 0 radical (unpaired) electrons. The predicted molar refractivity (Wildman–Crippen MR) is 281 cm³/mol. The summed E-state index contributed by atoms with van der Waals surface area (Å²) >= 11 is 1.80. The summed E-state index contributed by atoms with van der Waals surface area (Å²) in [6.45, 7) is 0. The van der Waals surface area contributed by atoms with Crippen LogP contribution in [0.1, 0.15) is 0 Å². The predicted octanol–water partition coefficient (Wildman–Crippen LogP) is 16.3. The average molecular weight is 872 g/mol. The average Bonchev–Trinajstić information content (AvgIpc) is 4.07. The lowest BCUT2D eigenvalue weighted by Gasteiger charge is -2.14. The molecule has 0 saturated carbocycles. The van der Waals surface area contributed by atoms with Crippen molar-refractivity contribution in [3.63, 3.8) is 0 Å². The normalized spacial score (nSPS) is 11.9. The van der Waals surface area contributed by atoms with Crippen molar-refractivity contribution in [3.8, 4) is 56.7 Å². The van der Waals surface area contributed by atoms with Crippen molar-refractivity contribution in [1.29, 1.82) is 0 Å². The Labute approximate surface area is 389 Å². The second kappa shape index (κ2) is 14.9. The van der Waals surface area contributed by atoms with Gasteiger partial charge in [0.2, 0.25) is 5.95 Å². The first-order valence-electron chi connectivity index (χ1n) is 22.6. The molecule has 0 aliphatic heterocycles. The lowest BCUT2D eigenvalue weighted by molar-refractivity contribution is 0.956. The fraction of sp³-hybridized carbons (Fsp3) is 0. The Balaban J connectivity index is 1.09. The maximum atomic E-state index is 5.58. The van der Waals surface area contributed by atoms with Gasteiger partial charge in [-0.15, -0.1) is 11.3 Å². The van der Waals surface area contributed by atoms with Crippen LogP contribution in [0.3, 0.4) is 0 Å². The van der Waals surface area contributed by atoms with Gasteiger partial charge in [-0.25, -0.2) is 4.98 Å².